The molecular formula is C17H24F2N2O2. The molecule has 1 heterocycles. The van der Waals surface area contributed by atoms with Gasteiger partial charge in [-0.05, 0) is 32.1 Å². The van der Waals surface area contributed by atoms with Crippen molar-refractivity contribution in [1.29, 1.82) is 0 Å². The molecule has 2 saturated carbocycles. The Morgan fingerprint density at radius 1 is 1.30 bits per heavy atom. The highest BCUT2D eigenvalue weighted by Crippen LogP contribution is 2.44. The average Bonchev–Trinajstić information content (AvgIpc) is 2.77. The van der Waals surface area contributed by atoms with Crippen LogP contribution in [0, 0.1) is 5.92 Å². The van der Waals surface area contributed by atoms with Crippen molar-refractivity contribution >= 4 is 11.8 Å². The lowest BCUT2D eigenvalue weighted by Gasteiger charge is -2.44. The Labute approximate surface area is 135 Å². The molecule has 4 nitrogen and oxygen atoms in total. The van der Waals surface area contributed by atoms with E-state index in [0.29, 0.717) is 13.0 Å². The molecule has 3 fully saturated rings. The van der Waals surface area contributed by atoms with Crippen LogP contribution in [0.25, 0.3) is 0 Å². The van der Waals surface area contributed by atoms with Gasteiger partial charge in [0, 0.05) is 43.3 Å². The maximum absolute atomic E-state index is 12.9. The zero-order valence-corrected chi connectivity index (χ0v) is 13.3. The summed E-state index contributed by atoms with van der Waals surface area (Å²) >= 11 is 0. The molecule has 0 unspecified atom stereocenters. The fourth-order valence-corrected chi connectivity index (χ4v) is 4.28. The molecule has 3 rings (SSSR count). The number of rotatable bonds is 4. The van der Waals surface area contributed by atoms with Crippen LogP contribution in [-0.4, -0.2) is 40.8 Å². The number of halogens is 2. The fraction of sp³-hybridized carbons (Fsp3) is 0.765. The number of amides is 2. The van der Waals surface area contributed by atoms with Gasteiger partial charge in [0.05, 0.1) is 0 Å². The lowest BCUT2D eigenvalue weighted by molar-refractivity contribution is -0.151. The van der Waals surface area contributed by atoms with Gasteiger partial charge in [-0.3, -0.25) is 9.59 Å². The van der Waals surface area contributed by atoms with Gasteiger partial charge in [-0.2, -0.15) is 0 Å². The molecule has 6 heteroatoms. The Morgan fingerprint density at radius 3 is 2.52 bits per heavy atom. The van der Waals surface area contributed by atoms with Crippen LogP contribution in [0.1, 0.15) is 51.4 Å². The lowest BCUT2D eigenvalue weighted by Crippen LogP contribution is -2.53. The second kappa shape index (κ2) is 5.87. The molecule has 0 radical (unpaired) electrons. The summed E-state index contributed by atoms with van der Waals surface area (Å²) in [5.41, 5.74) is -0.0873. The van der Waals surface area contributed by atoms with E-state index in [9.17, 15) is 18.4 Å². The summed E-state index contributed by atoms with van der Waals surface area (Å²) in [5, 5.41) is 2.93. The van der Waals surface area contributed by atoms with Crippen LogP contribution in [0.15, 0.2) is 12.7 Å². The highest BCUT2D eigenvalue weighted by Gasteiger charge is 2.50. The molecule has 23 heavy (non-hydrogen) atoms. The highest BCUT2D eigenvalue weighted by atomic mass is 19.3. The summed E-state index contributed by atoms with van der Waals surface area (Å²) in [6.45, 7) is 4.30. The number of hydrogen-bond acceptors (Lipinski definition) is 2. The van der Waals surface area contributed by atoms with Crippen molar-refractivity contribution in [2.75, 3.05) is 6.54 Å². The molecule has 0 atom stereocenters. The van der Waals surface area contributed by atoms with Crippen molar-refractivity contribution in [3.63, 3.8) is 0 Å². The summed E-state index contributed by atoms with van der Waals surface area (Å²) in [5.74, 6) is -3.24. The zero-order chi connectivity index (χ0) is 16.7. The minimum absolute atomic E-state index is 0.0450. The molecule has 128 valence electrons. The topological polar surface area (TPSA) is 49.4 Å². The molecule has 3 aliphatic rings. The minimum atomic E-state index is -2.66. The van der Waals surface area contributed by atoms with Gasteiger partial charge >= 0.3 is 0 Å². The zero-order valence-electron chi connectivity index (χ0n) is 13.3. The van der Waals surface area contributed by atoms with E-state index < -0.39 is 11.8 Å². The van der Waals surface area contributed by atoms with Crippen LogP contribution in [0.4, 0.5) is 8.78 Å². The van der Waals surface area contributed by atoms with Crippen molar-refractivity contribution in [1.82, 2.24) is 10.2 Å². The third kappa shape index (κ3) is 3.12. The van der Waals surface area contributed by atoms with Crippen molar-refractivity contribution in [3.8, 4) is 0 Å². The maximum atomic E-state index is 12.9. The molecule has 1 aliphatic heterocycles. The van der Waals surface area contributed by atoms with Crippen molar-refractivity contribution in [2.45, 2.75) is 68.9 Å². The number of carbonyl (C=O) groups is 2. The van der Waals surface area contributed by atoms with E-state index >= 15 is 0 Å². The van der Waals surface area contributed by atoms with Gasteiger partial charge in [0.1, 0.15) is 0 Å². The van der Waals surface area contributed by atoms with E-state index in [1.807, 2.05) is 4.90 Å². The first-order valence-electron chi connectivity index (χ1n) is 8.45. The Morgan fingerprint density at radius 2 is 1.96 bits per heavy atom. The number of carbonyl (C=O) groups excluding carboxylic acids is 2. The molecule has 0 bridgehead atoms. The maximum Gasteiger partial charge on any atom is 0.249 e. The summed E-state index contributed by atoms with van der Waals surface area (Å²) in [6, 6.07) is 0.0450. The Hall–Kier alpha value is -1.46. The van der Waals surface area contributed by atoms with Crippen molar-refractivity contribution in [3.05, 3.63) is 12.7 Å². The smallest absolute Gasteiger partial charge is 0.249 e. The second-order valence-corrected chi connectivity index (χ2v) is 7.26. The van der Waals surface area contributed by atoms with Gasteiger partial charge in [-0.25, -0.2) is 8.78 Å². The monoisotopic (exact) mass is 326 g/mol. The van der Waals surface area contributed by atoms with E-state index in [4.69, 9.17) is 0 Å². The Balaban J connectivity index is 1.51. The predicted octanol–water partition coefficient (Wildman–Crippen LogP) is 2.64. The van der Waals surface area contributed by atoms with E-state index in [1.54, 1.807) is 6.08 Å². The number of nitrogens with one attached hydrogen (secondary N) is 1. The van der Waals surface area contributed by atoms with Gasteiger partial charge in [-0.15, -0.1) is 6.58 Å². The van der Waals surface area contributed by atoms with Crippen LogP contribution in [0.5, 0.6) is 0 Å². The number of nitrogens with zero attached hydrogens (tertiary/aromatic N) is 1. The third-order valence-electron chi connectivity index (χ3n) is 5.71. The predicted molar refractivity (Wildman–Crippen MR) is 81.9 cm³/mol. The second-order valence-electron chi connectivity index (χ2n) is 7.26. The van der Waals surface area contributed by atoms with Gasteiger partial charge in [-0.1, -0.05) is 6.08 Å². The first-order valence-corrected chi connectivity index (χ1v) is 8.45. The standard InChI is InChI=1S/C17H24F2N2O2/c1-2-9-21-14(22)5-8-16(21)6-3-13(4-7-16)20-15(23)12-10-17(18,19)11-12/h2,12-13H,1,3-11H2,(H,20,23). The molecule has 0 aromatic carbocycles. The summed E-state index contributed by atoms with van der Waals surface area (Å²) in [7, 11) is 0. The molecule has 1 saturated heterocycles. The quantitative estimate of drug-likeness (QED) is 0.808. The van der Waals surface area contributed by atoms with Gasteiger partial charge < -0.3 is 10.2 Å². The van der Waals surface area contributed by atoms with E-state index in [2.05, 4.69) is 11.9 Å². The summed E-state index contributed by atoms with van der Waals surface area (Å²) < 4.78 is 25.7. The third-order valence-corrected chi connectivity index (χ3v) is 5.71. The minimum Gasteiger partial charge on any atom is -0.353 e. The molecule has 0 aromatic heterocycles. The van der Waals surface area contributed by atoms with Crippen molar-refractivity contribution < 1.29 is 18.4 Å². The molecule has 1 spiro atoms. The largest absolute Gasteiger partial charge is 0.353 e. The van der Waals surface area contributed by atoms with Crippen LogP contribution >= 0.6 is 0 Å². The summed E-state index contributed by atoms with van der Waals surface area (Å²) in [4.78, 5) is 26.0. The SMILES string of the molecule is C=CCN1C(=O)CCC12CCC(NC(=O)C1CC(F)(F)C1)CC2. The van der Waals surface area contributed by atoms with Gasteiger partial charge in [0.15, 0.2) is 0 Å². The lowest BCUT2D eigenvalue weighted by atomic mass is 9.76. The molecule has 0 aromatic rings. The van der Waals surface area contributed by atoms with E-state index in [1.165, 1.54) is 0 Å². The molecule has 1 N–H and O–H groups in total. The highest BCUT2D eigenvalue weighted by molar-refractivity contribution is 5.81. The van der Waals surface area contributed by atoms with Gasteiger partial charge in [0.25, 0.3) is 0 Å². The van der Waals surface area contributed by atoms with E-state index in [0.717, 1.165) is 32.1 Å². The van der Waals surface area contributed by atoms with Crippen LogP contribution in [0.2, 0.25) is 0 Å². The number of likely N-dealkylation sites (tertiary alicyclic amines) is 1. The normalized spacial score (nSPS) is 27.0. The fourth-order valence-electron chi connectivity index (χ4n) is 4.28. The average molecular weight is 326 g/mol. The number of hydrogen-bond donors (Lipinski definition) is 1. The first kappa shape index (κ1) is 16.4. The molecule has 2 aliphatic carbocycles. The van der Waals surface area contributed by atoms with Gasteiger partial charge in [0.2, 0.25) is 17.7 Å². The first-order chi connectivity index (χ1) is 10.9. The van der Waals surface area contributed by atoms with Crippen molar-refractivity contribution in [2.24, 2.45) is 5.92 Å². The van der Waals surface area contributed by atoms with Crippen LogP contribution < -0.4 is 5.32 Å². The number of alkyl halides is 2. The molecular weight excluding hydrogens is 302 g/mol. The molecule has 2 amide bonds. The van der Waals surface area contributed by atoms with E-state index in [-0.39, 0.29) is 36.2 Å². The van der Waals surface area contributed by atoms with Crippen LogP contribution in [0.3, 0.4) is 0 Å². The summed E-state index contributed by atoms with van der Waals surface area (Å²) in [6.07, 6.45) is 5.89. The van der Waals surface area contributed by atoms with Crippen LogP contribution in [-0.2, 0) is 9.59 Å². The Bertz CT molecular complexity index is 505. The Kier molecular flexibility index (Phi) is 4.19.